The molecule has 0 bridgehead atoms. The van der Waals surface area contributed by atoms with E-state index in [1.54, 1.807) is 27.9 Å². The Balaban J connectivity index is 2.76. The first kappa shape index (κ1) is 18.0. The molecule has 0 aliphatic carbocycles. The largest absolute Gasteiger partial charge is 0.449 e. The third kappa shape index (κ3) is 5.04. The fraction of sp³-hybridized carbons (Fsp3) is 0.857. The van der Waals surface area contributed by atoms with Crippen molar-refractivity contribution >= 4 is 23.7 Å². The van der Waals surface area contributed by atoms with E-state index in [-0.39, 0.29) is 18.6 Å². The highest BCUT2D eigenvalue weighted by molar-refractivity contribution is 6.17. The minimum atomic E-state index is -0.762. The van der Waals surface area contributed by atoms with E-state index in [9.17, 15) is 9.59 Å². The molecule has 0 aromatic rings. The van der Waals surface area contributed by atoms with E-state index >= 15 is 0 Å². The van der Waals surface area contributed by atoms with Gasteiger partial charge in [-0.25, -0.2) is 4.79 Å². The lowest BCUT2D eigenvalue weighted by atomic mass is 9.84. The molecule has 1 fully saturated rings. The third-order valence-corrected chi connectivity index (χ3v) is 3.52. The predicted octanol–water partition coefficient (Wildman–Crippen LogP) is 2.39. The third-order valence-electron chi connectivity index (χ3n) is 3.41. The number of rotatable bonds is 5. The van der Waals surface area contributed by atoms with Crippen molar-refractivity contribution in [3.8, 4) is 0 Å². The van der Waals surface area contributed by atoms with E-state index in [0.717, 1.165) is 0 Å². The van der Waals surface area contributed by atoms with Crippen LogP contribution in [0.2, 0.25) is 0 Å². The molecular weight excluding hydrogens is 298 g/mol. The highest BCUT2D eigenvalue weighted by Crippen LogP contribution is 2.36. The summed E-state index contributed by atoms with van der Waals surface area (Å²) in [5, 5.41) is 0. The molecule has 1 atom stereocenters. The molecule has 0 saturated carbocycles. The van der Waals surface area contributed by atoms with Crippen LogP contribution in [0, 0.1) is 5.41 Å². The highest BCUT2D eigenvalue weighted by atomic mass is 35.5. The normalized spacial score (nSPS) is 22.2. The molecule has 0 radical (unpaired) electrons. The first-order valence-corrected chi connectivity index (χ1v) is 7.47. The second-order valence-corrected chi connectivity index (χ2v) is 6.43. The molecule has 1 aliphatic rings. The lowest BCUT2D eigenvalue weighted by molar-refractivity contribution is -0.154. The first-order chi connectivity index (χ1) is 9.74. The SMILES string of the molecule is COCCC1(C(=O)OCCl)CCN(C(=O)OC(C)(C)C)C1. The van der Waals surface area contributed by atoms with E-state index < -0.39 is 17.1 Å². The molecule has 1 unspecified atom stereocenters. The van der Waals surface area contributed by atoms with Gasteiger partial charge >= 0.3 is 12.1 Å². The van der Waals surface area contributed by atoms with E-state index in [0.29, 0.717) is 26.0 Å². The van der Waals surface area contributed by atoms with E-state index in [1.807, 2.05) is 0 Å². The van der Waals surface area contributed by atoms with E-state index in [1.165, 1.54) is 4.90 Å². The van der Waals surface area contributed by atoms with Gasteiger partial charge in [0.25, 0.3) is 0 Å². The summed E-state index contributed by atoms with van der Waals surface area (Å²) < 4.78 is 15.3. The van der Waals surface area contributed by atoms with Crippen molar-refractivity contribution in [3.05, 3.63) is 0 Å². The Morgan fingerprint density at radius 2 is 2.00 bits per heavy atom. The van der Waals surface area contributed by atoms with E-state index in [2.05, 4.69) is 0 Å². The number of hydrogen-bond donors (Lipinski definition) is 0. The van der Waals surface area contributed by atoms with Gasteiger partial charge in [0.05, 0.1) is 5.41 Å². The van der Waals surface area contributed by atoms with Crippen LogP contribution in [0.3, 0.4) is 0 Å². The maximum absolute atomic E-state index is 12.2. The molecule has 1 heterocycles. The fourth-order valence-electron chi connectivity index (χ4n) is 2.33. The van der Waals surface area contributed by atoms with Crippen LogP contribution >= 0.6 is 11.6 Å². The Labute approximate surface area is 130 Å². The van der Waals surface area contributed by atoms with Gasteiger partial charge in [-0.15, -0.1) is 0 Å². The number of carbonyl (C=O) groups excluding carboxylic acids is 2. The number of esters is 1. The van der Waals surface area contributed by atoms with Crippen LogP contribution in [0.5, 0.6) is 0 Å². The molecule has 0 spiro atoms. The maximum Gasteiger partial charge on any atom is 0.410 e. The first-order valence-electron chi connectivity index (χ1n) is 6.94. The zero-order chi connectivity index (χ0) is 16.1. The summed E-state index contributed by atoms with van der Waals surface area (Å²) in [4.78, 5) is 25.8. The van der Waals surface area contributed by atoms with E-state index in [4.69, 9.17) is 25.8 Å². The van der Waals surface area contributed by atoms with Gasteiger partial charge < -0.3 is 19.1 Å². The monoisotopic (exact) mass is 321 g/mol. The zero-order valence-electron chi connectivity index (χ0n) is 13.1. The zero-order valence-corrected chi connectivity index (χ0v) is 13.9. The van der Waals surface area contributed by atoms with Crippen molar-refractivity contribution in [3.63, 3.8) is 0 Å². The Kier molecular flexibility index (Phi) is 6.28. The molecule has 0 aromatic heterocycles. The fourth-order valence-corrected chi connectivity index (χ4v) is 2.43. The Hall–Kier alpha value is -1.01. The molecule has 0 aromatic carbocycles. The average Bonchev–Trinajstić information content (AvgIpc) is 2.80. The maximum atomic E-state index is 12.2. The van der Waals surface area contributed by atoms with Crippen LogP contribution in [0.4, 0.5) is 4.79 Å². The number of hydrogen-bond acceptors (Lipinski definition) is 5. The van der Waals surface area contributed by atoms with Gasteiger partial charge in [-0.1, -0.05) is 11.6 Å². The van der Waals surface area contributed by atoms with Crippen molar-refractivity contribution in [2.24, 2.45) is 5.41 Å². The Morgan fingerprint density at radius 3 is 2.52 bits per heavy atom. The van der Waals surface area contributed by atoms with Crippen LogP contribution in [-0.2, 0) is 19.0 Å². The van der Waals surface area contributed by atoms with Gasteiger partial charge in [-0.3, -0.25) is 4.79 Å². The summed E-state index contributed by atoms with van der Waals surface area (Å²) in [6.07, 6.45) is 0.588. The molecule has 6 nitrogen and oxygen atoms in total. The van der Waals surface area contributed by atoms with Crippen molar-refractivity contribution in [2.45, 2.75) is 39.2 Å². The van der Waals surface area contributed by atoms with Gasteiger partial charge in [0, 0.05) is 26.8 Å². The van der Waals surface area contributed by atoms with Gasteiger partial charge in [0.1, 0.15) is 5.60 Å². The molecule has 1 amide bonds. The van der Waals surface area contributed by atoms with Crippen molar-refractivity contribution in [1.82, 2.24) is 4.90 Å². The lowest BCUT2D eigenvalue weighted by Gasteiger charge is -2.28. The minimum Gasteiger partial charge on any atom is -0.449 e. The van der Waals surface area contributed by atoms with Crippen LogP contribution in [0.1, 0.15) is 33.6 Å². The number of ether oxygens (including phenoxy) is 3. The molecule has 7 heteroatoms. The summed E-state index contributed by atoms with van der Waals surface area (Å²) in [5.41, 5.74) is -1.33. The number of alkyl halides is 1. The smallest absolute Gasteiger partial charge is 0.410 e. The second kappa shape index (κ2) is 7.31. The van der Waals surface area contributed by atoms with Crippen LogP contribution in [0.15, 0.2) is 0 Å². The number of carbonyl (C=O) groups is 2. The number of nitrogens with zero attached hydrogens (tertiary/aromatic N) is 1. The standard InChI is InChI=1S/C14H24ClNO5/c1-13(2,3)21-12(18)16-7-5-14(9-16,6-8-19-4)11(17)20-10-15/h5-10H2,1-4H3. The average molecular weight is 322 g/mol. The second-order valence-electron chi connectivity index (χ2n) is 6.22. The van der Waals surface area contributed by atoms with Gasteiger partial charge in [0.15, 0.2) is 6.07 Å². The van der Waals surface area contributed by atoms with Gasteiger partial charge in [-0.05, 0) is 33.6 Å². The minimum absolute atomic E-state index is 0.194. The van der Waals surface area contributed by atoms with Gasteiger partial charge in [0.2, 0.25) is 0 Å². The summed E-state index contributed by atoms with van der Waals surface area (Å²) in [5.74, 6) is -0.388. The van der Waals surface area contributed by atoms with Crippen molar-refractivity contribution < 1.29 is 23.8 Å². The van der Waals surface area contributed by atoms with Crippen molar-refractivity contribution in [2.75, 3.05) is 32.9 Å². The molecule has 122 valence electrons. The molecule has 0 N–H and O–H groups in total. The van der Waals surface area contributed by atoms with Crippen LogP contribution in [-0.4, -0.2) is 55.4 Å². The summed E-state index contributed by atoms with van der Waals surface area (Å²) in [6, 6.07) is -0.194. The number of amides is 1. The highest BCUT2D eigenvalue weighted by Gasteiger charge is 2.47. The molecular formula is C14H24ClNO5. The number of methoxy groups -OCH3 is 1. The number of halogens is 1. The lowest BCUT2D eigenvalue weighted by Crippen LogP contribution is -2.40. The van der Waals surface area contributed by atoms with Crippen LogP contribution in [0.25, 0.3) is 0 Å². The van der Waals surface area contributed by atoms with Crippen molar-refractivity contribution in [1.29, 1.82) is 0 Å². The number of likely N-dealkylation sites (tertiary alicyclic amines) is 1. The quantitative estimate of drug-likeness (QED) is 0.574. The Bertz CT molecular complexity index is 382. The molecule has 1 saturated heterocycles. The Morgan fingerprint density at radius 1 is 1.33 bits per heavy atom. The topological polar surface area (TPSA) is 65.1 Å². The van der Waals surface area contributed by atoms with Gasteiger partial charge in [-0.2, -0.15) is 0 Å². The summed E-state index contributed by atoms with van der Waals surface area (Å²) in [6.45, 7) is 6.55. The molecule has 21 heavy (non-hydrogen) atoms. The van der Waals surface area contributed by atoms with Crippen LogP contribution < -0.4 is 0 Å². The molecule has 1 aliphatic heterocycles. The predicted molar refractivity (Wildman–Crippen MR) is 78.2 cm³/mol. The molecule has 1 rings (SSSR count). The summed E-state index contributed by atoms with van der Waals surface area (Å²) in [7, 11) is 1.57. The summed E-state index contributed by atoms with van der Waals surface area (Å²) >= 11 is 5.48.